The smallest absolute Gasteiger partial charge is 0.251 e. The van der Waals surface area contributed by atoms with Gasteiger partial charge in [-0.3, -0.25) is 9.69 Å². The summed E-state index contributed by atoms with van der Waals surface area (Å²) in [7, 11) is 1.62. The number of amides is 1. The van der Waals surface area contributed by atoms with E-state index in [2.05, 4.69) is 17.1 Å². The number of likely N-dealkylation sites (tertiary alicyclic amines) is 1. The minimum absolute atomic E-state index is 0.0171. The normalized spacial score (nSPS) is 17.5. The van der Waals surface area contributed by atoms with Crippen molar-refractivity contribution in [2.45, 2.75) is 32.2 Å². The first-order valence-corrected chi connectivity index (χ1v) is 7.37. The fourth-order valence-electron chi connectivity index (χ4n) is 2.57. The number of nitrogens with one attached hydrogen (secondary N) is 1. The molecule has 1 amide bonds. The Morgan fingerprint density at radius 2 is 1.90 bits per heavy atom. The van der Waals surface area contributed by atoms with Gasteiger partial charge in [-0.15, -0.1) is 0 Å². The summed E-state index contributed by atoms with van der Waals surface area (Å²) in [6.07, 6.45) is 3.88. The predicted octanol–water partition coefficient (Wildman–Crippen LogP) is 2.30. The average molecular weight is 276 g/mol. The summed E-state index contributed by atoms with van der Waals surface area (Å²) >= 11 is 0. The van der Waals surface area contributed by atoms with Crippen LogP contribution in [-0.2, 0) is 0 Å². The fraction of sp³-hybridized carbons (Fsp3) is 0.562. The van der Waals surface area contributed by atoms with Crippen molar-refractivity contribution in [3.63, 3.8) is 0 Å². The first-order valence-electron chi connectivity index (χ1n) is 7.37. The SMILES string of the molecule is COc1ccc(C(=O)NCC(C)N2CCCCC2)cc1. The zero-order chi connectivity index (χ0) is 14.4. The molecule has 1 N–H and O–H groups in total. The molecule has 1 atom stereocenters. The predicted molar refractivity (Wildman–Crippen MR) is 80.2 cm³/mol. The maximum absolute atomic E-state index is 12.1. The highest BCUT2D eigenvalue weighted by Crippen LogP contribution is 2.13. The number of rotatable bonds is 5. The van der Waals surface area contributed by atoms with Gasteiger partial charge in [-0.1, -0.05) is 6.42 Å². The molecule has 0 saturated carbocycles. The molecule has 1 heterocycles. The summed E-state index contributed by atoms with van der Waals surface area (Å²) in [5.41, 5.74) is 0.677. The second-order valence-corrected chi connectivity index (χ2v) is 5.38. The molecule has 4 heteroatoms. The largest absolute Gasteiger partial charge is 0.497 e. The fourth-order valence-corrected chi connectivity index (χ4v) is 2.57. The van der Waals surface area contributed by atoms with E-state index in [1.807, 2.05) is 12.1 Å². The monoisotopic (exact) mass is 276 g/mol. The van der Waals surface area contributed by atoms with Gasteiger partial charge in [0.1, 0.15) is 5.75 Å². The van der Waals surface area contributed by atoms with E-state index in [1.165, 1.54) is 19.3 Å². The van der Waals surface area contributed by atoms with Gasteiger partial charge in [0.25, 0.3) is 5.91 Å². The molecule has 1 unspecified atom stereocenters. The van der Waals surface area contributed by atoms with Gasteiger partial charge in [-0.2, -0.15) is 0 Å². The van der Waals surface area contributed by atoms with Gasteiger partial charge in [0.15, 0.2) is 0 Å². The number of hydrogen-bond acceptors (Lipinski definition) is 3. The van der Waals surface area contributed by atoms with Crippen LogP contribution in [0.15, 0.2) is 24.3 Å². The molecular formula is C16H24N2O2. The lowest BCUT2D eigenvalue weighted by Gasteiger charge is -2.32. The molecule has 1 aromatic carbocycles. The van der Waals surface area contributed by atoms with E-state index in [-0.39, 0.29) is 5.91 Å². The molecule has 0 radical (unpaired) electrons. The van der Waals surface area contributed by atoms with Crippen LogP contribution in [0.25, 0.3) is 0 Å². The van der Waals surface area contributed by atoms with Crippen LogP contribution in [0.5, 0.6) is 5.75 Å². The van der Waals surface area contributed by atoms with Crippen LogP contribution in [0, 0.1) is 0 Å². The van der Waals surface area contributed by atoms with Gasteiger partial charge in [-0.05, 0) is 57.1 Å². The van der Waals surface area contributed by atoms with Gasteiger partial charge in [0, 0.05) is 18.2 Å². The van der Waals surface area contributed by atoms with Crippen molar-refractivity contribution in [3.05, 3.63) is 29.8 Å². The highest BCUT2D eigenvalue weighted by molar-refractivity contribution is 5.94. The topological polar surface area (TPSA) is 41.6 Å². The van der Waals surface area contributed by atoms with Gasteiger partial charge >= 0.3 is 0 Å². The molecule has 0 bridgehead atoms. The summed E-state index contributed by atoms with van der Waals surface area (Å²) in [5.74, 6) is 0.750. The summed E-state index contributed by atoms with van der Waals surface area (Å²) in [5, 5.41) is 3.01. The molecule has 1 aliphatic rings. The molecule has 1 saturated heterocycles. The molecule has 20 heavy (non-hydrogen) atoms. The molecule has 0 aliphatic carbocycles. The Labute approximate surface area is 121 Å². The second kappa shape index (κ2) is 7.29. The molecule has 1 aliphatic heterocycles. The van der Waals surface area contributed by atoms with Crippen LogP contribution in [0.1, 0.15) is 36.5 Å². The summed E-state index contributed by atoms with van der Waals surface area (Å²) < 4.78 is 5.09. The van der Waals surface area contributed by atoms with Crippen LogP contribution >= 0.6 is 0 Å². The summed E-state index contributed by atoms with van der Waals surface area (Å²) in [6.45, 7) is 5.18. The van der Waals surface area contributed by atoms with E-state index >= 15 is 0 Å². The molecule has 1 fully saturated rings. The van der Waals surface area contributed by atoms with Crippen LogP contribution in [0.2, 0.25) is 0 Å². The standard InChI is InChI=1S/C16H24N2O2/c1-13(18-10-4-3-5-11-18)12-17-16(19)14-6-8-15(20-2)9-7-14/h6-9,13H,3-5,10-12H2,1-2H3,(H,17,19). The number of ether oxygens (including phenoxy) is 1. The number of methoxy groups -OCH3 is 1. The van der Waals surface area contributed by atoms with Gasteiger partial charge in [0.05, 0.1) is 7.11 Å². The maximum Gasteiger partial charge on any atom is 0.251 e. The number of nitrogens with zero attached hydrogens (tertiary/aromatic N) is 1. The number of piperidine rings is 1. The third kappa shape index (κ3) is 3.97. The Bertz CT molecular complexity index is 425. The Morgan fingerprint density at radius 3 is 2.50 bits per heavy atom. The number of carbonyl (C=O) groups is 1. The van der Waals surface area contributed by atoms with E-state index in [9.17, 15) is 4.79 Å². The third-order valence-corrected chi connectivity index (χ3v) is 3.92. The van der Waals surface area contributed by atoms with E-state index < -0.39 is 0 Å². The lowest BCUT2D eigenvalue weighted by atomic mass is 10.1. The molecule has 0 aromatic heterocycles. The zero-order valence-corrected chi connectivity index (χ0v) is 12.4. The van der Waals surface area contributed by atoms with Crippen molar-refractivity contribution < 1.29 is 9.53 Å². The van der Waals surface area contributed by atoms with Crippen molar-refractivity contribution in [2.24, 2.45) is 0 Å². The highest BCUT2D eigenvalue weighted by atomic mass is 16.5. The minimum Gasteiger partial charge on any atom is -0.497 e. The molecule has 4 nitrogen and oxygen atoms in total. The number of carbonyl (C=O) groups excluding carboxylic acids is 1. The van der Waals surface area contributed by atoms with Crippen LogP contribution in [0.3, 0.4) is 0 Å². The average Bonchev–Trinajstić information content (AvgIpc) is 2.53. The van der Waals surface area contributed by atoms with Gasteiger partial charge in [0.2, 0.25) is 0 Å². The highest BCUT2D eigenvalue weighted by Gasteiger charge is 2.17. The zero-order valence-electron chi connectivity index (χ0n) is 12.4. The molecule has 110 valence electrons. The van der Waals surface area contributed by atoms with E-state index in [0.717, 1.165) is 18.8 Å². The van der Waals surface area contributed by atoms with E-state index in [4.69, 9.17) is 4.74 Å². The lowest BCUT2D eigenvalue weighted by Crippen LogP contribution is -2.44. The first kappa shape index (κ1) is 14.9. The lowest BCUT2D eigenvalue weighted by molar-refractivity contribution is 0.0930. The number of benzene rings is 1. The summed E-state index contributed by atoms with van der Waals surface area (Å²) in [6, 6.07) is 7.60. The van der Waals surface area contributed by atoms with Crippen LogP contribution in [-0.4, -0.2) is 43.6 Å². The van der Waals surface area contributed by atoms with Crippen molar-refractivity contribution in [3.8, 4) is 5.75 Å². The molecule has 2 rings (SSSR count). The van der Waals surface area contributed by atoms with Gasteiger partial charge in [-0.25, -0.2) is 0 Å². The molecule has 1 aromatic rings. The Kier molecular flexibility index (Phi) is 5.41. The number of hydrogen-bond donors (Lipinski definition) is 1. The third-order valence-electron chi connectivity index (χ3n) is 3.92. The van der Waals surface area contributed by atoms with Crippen LogP contribution in [0.4, 0.5) is 0 Å². The van der Waals surface area contributed by atoms with Crippen molar-refractivity contribution in [1.82, 2.24) is 10.2 Å². The van der Waals surface area contributed by atoms with E-state index in [1.54, 1.807) is 19.2 Å². The Hall–Kier alpha value is -1.55. The van der Waals surface area contributed by atoms with Crippen molar-refractivity contribution >= 4 is 5.91 Å². The first-order chi connectivity index (χ1) is 9.70. The van der Waals surface area contributed by atoms with Crippen LogP contribution < -0.4 is 10.1 Å². The Balaban J connectivity index is 1.81. The van der Waals surface area contributed by atoms with Crippen molar-refractivity contribution in [1.29, 1.82) is 0 Å². The maximum atomic E-state index is 12.1. The molecular weight excluding hydrogens is 252 g/mol. The molecule has 0 spiro atoms. The van der Waals surface area contributed by atoms with Gasteiger partial charge < -0.3 is 10.1 Å². The minimum atomic E-state index is -0.0171. The Morgan fingerprint density at radius 1 is 1.25 bits per heavy atom. The summed E-state index contributed by atoms with van der Waals surface area (Å²) in [4.78, 5) is 14.5. The van der Waals surface area contributed by atoms with Crippen molar-refractivity contribution in [2.75, 3.05) is 26.7 Å². The second-order valence-electron chi connectivity index (χ2n) is 5.38. The van der Waals surface area contributed by atoms with E-state index in [0.29, 0.717) is 18.2 Å². The quantitative estimate of drug-likeness (QED) is 0.897.